The highest BCUT2D eigenvalue weighted by molar-refractivity contribution is 5.81. The average Bonchev–Trinajstić information content (AvgIpc) is 2.91. The molecule has 0 spiro atoms. The first kappa shape index (κ1) is 17.8. The summed E-state index contributed by atoms with van der Waals surface area (Å²) in [5.41, 5.74) is 0. The Kier molecular flexibility index (Phi) is 8.12. The molecule has 0 aliphatic carbocycles. The van der Waals surface area contributed by atoms with Gasteiger partial charge in [0.25, 0.3) is 0 Å². The third-order valence-electron chi connectivity index (χ3n) is 3.46. The number of carbonyl (C=O) groups is 1. The Morgan fingerprint density at radius 1 is 1.48 bits per heavy atom. The fourth-order valence-corrected chi connectivity index (χ4v) is 2.36. The molecule has 0 aromatic carbocycles. The van der Waals surface area contributed by atoms with Crippen molar-refractivity contribution < 1.29 is 9.53 Å². The number of amides is 1. The van der Waals surface area contributed by atoms with Crippen molar-refractivity contribution in [2.45, 2.75) is 39.7 Å². The number of ether oxygens (including phenoxy) is 1. The quantitative estimate of drug-likeness (QED) is 0.415. The average molecular weight is 298 g/mol. The predicted molar refractivity (Wildman–Crippen MR) is 85.4 cm³/mol. The second kappa shape index (κ2) is 9.60. The zero-order valence-corrected chi connectivity index (χ0v) is 13.8. The molecule has 0 saturated carbocycles. The molecule has 2 N–H and O–H groups in total. The molecule has 1 aliphatic rings. The maximum atomic E-state index is 12.0. The zero-order valence-electron chi connectivity index (χ0n) is 13.8. The van der Waals surface area contributed by atoms with Crippen LogP contribution in [0.15, 0.2) is 4.99 Å². The number of methoxy groups -OCH3 is 1. The Morgan fingerprint density at radius 2 is 2.24 bits per heavy atom. The van der Waals surface area contributed by atoms with Crippen LogP contribution in [-0.2, 0) is 9.53 Å². The molecule has 1 aliphatic heterocycles. The molecule has 1 unspecified atom stereocenters. The van der Waals surface area contributed by atoms with E-state index in [-0.39, 0.29) is 17.9 Å². The highest BCUT2D eigenvalue weighted by Gasteiger charge is 2.27. The summed E-state index contributed by atoms with van der Waals surface area (Å²) in [5.74, 6) is 1.14. The molecule has 1 fully saturated rings. The van der Waals surface area contributed by atoms with E-state index in [0.717, 1.165) is 51.6 Å². The standard InChI is InChI=1S/C15H30N4O2/c1-5-16-15(17-8-6-10-21-4)18-13-7-9-19(11-13)14(20)12(2)3/h12-13H,5-11H2,1-4H3,(H2,16,17,18). The van der Waals surface area contributed by atoms with Gasteiger partial charge >= 0.3 is 0 Å². The number of nitrogens with one attached hydrogen (secondary N) is 2. The number of guanidine groups is 1. The maximum absolute atomic E-state index is 12.0. The molecule has 1 atom stereocenters. The van der Waals surface area contributed by atoms with Gasteiger partial charge in [-0.15, -0.1) is 0 Å². The summed E-state index contributed by atoms with van der Waals surface area (Å²) in [6.07, 6.45) is 1.89. The minimum Gasteiger partial charge on any atom is -0.385 e. The molecule has 1 rings (SSSR count). The first-order valence-corrected chi connectivity index (χ1v) is 7.91. The molecule has 1 heterocycles. The van der Waals surface area contributed by atoms with Crippen LogP contribution in [0.25, 0.3) is 0 Å². The molecule has 122 valence electrons. The minimum atomic E-state index is 0.0692. The van der Waals surface area contributed by atoms with Crippen LogP contribution < -0.4 is 10.6 Å². The number of carbonyl (C=O) groups excluding carboxylic acids is 1. The first-order chi connectivity index (χ1) is 10.1. The van der Waals surface area contributed by atoms with Crippen molar-refractivity contribution in [3.05, 3.63) is 0 Å². The van der Waals surface area contributed by atoms with Crippen molar-refractivity contribution in [2.24, 2.45) is 10.9 Å². The topological polar surface area (TPSA) is 66.0 Å². The molecule has 0 aromatic heterocycles. The molecule has 0 bridgehead atoms. The molecule has 1 amide bonds. The normalized spacial score (nSPS) is 19.2. The van der Waals surface area contributed by atoms with E-state index >= 15 is 0 Å². The number of rotatable bonds is 7. The number of hydrogen-bond donors (Lipinski definition) is 2. The van der Waals surface area contributed by atoms with Crippen LogP contribution in [0, 0.1) is 5.92 Å². The Hall–Kier alpha value is -1.30. The number of aliphatic imine (C=N–C) groups is 1. The SMILES string of the molecule is CCNC(=NCCCOC)NC1CCN(C(=O)C(C)C)C1. The molecule has 0 radical (unpaired) electrons. The number of hydrogen-bond acceptors (Lipinski definition) is 3. The lowest BCUT2D eigenvalue weighted by molar-refractivity contribution is -0.133. The summed E-state index contributed by atoms with van der Waals surface area (Å²) >= 11 is 0. The van der Waals surface area contributed by atoms with Gasteiger partial charge in [-0.05, 0) is 19.8 Å². The highest BCUT2D eigenvalue weighted by atomic mass is 16.5. The summed E-state index contributed by atoms with van der Waals surface area (Å²) in [5, 5.41) is 6.67. The molecule has 6 nitrogen and oxygen atoms in total. The van der Waals surface area contributed by atoms with Gasteiger partial charge in [-0.3, -0.25) is 9.79 Å². The summed E-state index contributed by atoms with van der Waals surface area (Å²) in [7, 11) is 1.70. The molecule has 0 aromatic rings. The third-order valence-corrected chi connectivity index (χ3v) is 3.46. The van der Waals surface area contributed by atoms with Crippen molar-refractivity contribution >= 4 is 11.9 Å². The van der Waals surface area contributed by atoms with Gasteiger partial charge in [0.15, 0.2) is 5.96 Å². The monoisotopic (exact) mass is 298 g/mol. The van der Waals surface area contributed by atoms with E-state index in [1.54, 1.807) is 7.11 Å². The van der Waals surface area contributed by atoms with Crippen LogP contribution in [-0.4, -0.2) is 62.7 Å². The van der Waals surface area contributed by atoms with Gasteiger partial charge in [-0.1, -0.05) is 13.8 Å². The summed E-state index contributed by atoms with van der Waals surface area (Å²) in [6.45, 7) is 9.84. The first-order valence-electron chi connectivity index (χ1n) is 7.91. The van der Waals surface area contributed by atoms with Gasteiger partial charge < -0.3 is 20.3 Å². The van der Waals surface area contributed by atoms with Gasteiger partial charge in [0.05, 0.1) is 0 Å². The Balaban J connectivity index is 2.43. The smallest absolute Gasteiger partial charge is 0.225 e. The van der Waals surface area contributed by atoms with Crippen molar-refractivity contribution in [3.63, 3.8) is 0 Å². The van der Waals surface area contributed by atoms with Gasteiger partial charge in [-0.25, -0.2) is 0 Å². The molecular formula is C15H30N4O2. The Morgan fingerprint density at radius 3 is 2.86 bits per heavy atom. The van der Waals surface area contributed by atoms with Crippen molar-refractivity contribution in [2.75, 3.05) is 39.9 Å². The highest BCUT2D eigenvalue weighted by Crippen LogP contribution is 2.12. The van der Waals surface area contributed by atoms with Gasteiger partial charge in [-0.2, -0.15) is 0 Å². The van der Waals surface area contributed by atoms with E-state index < -0.39 is 0 Å². The zero-order chi connectivity index (χ0) is 15.7. The molecule has 21 heavy (non-hydrogen) atoms. The summed E-state index contributed by atoms with van der Waals surface area (Å²) < 4.78 is 5.03. The van der Waals surface area contributed by atoms with E-state index in [9.17, 15) is 4.79 Å². The van der Waals surface area contributed by atoms with E-state index in [1.165, 1.54) is 0 Å². The largest absolute Gasteiger partial charge is 0.385 e. The van der Waals surface area contributed by atoms with Gasteiger partial charge in [0, 0.05) is 51.9 Å². The van der Waals surface area contributed by atoms with Crippen molar-refractivity contribution in [3.8, 4) is 0 Å². The van der Waals surface area contributed by atoms with E-state index in [1.807, 2.05) is 18.7 Å². The van der Waals surface area contributed by atoms with Crippen LogP contribution >= 0.6 is 0 Å². The van der Waals surface area contributed by atoms with Crippen LogP contribution in [0.1, 0.15) is 33.6 Å². The molecular weight excluding hydrogens is 268 g/mol. The second-order valence-electron chi connectivity index (χ2n) is 5.68. The fourth-order valence-electron chi connectivity index (χ4n) is 2.36. The van der Waals surface area contributed by atoms with E-state index in [2.05, 4.69) is 22.5 Å². The summed E-state index contributed by atoms with van der Waals surface area (Å²) in [4.78, 5) is 18.5. The van der Waals surface area contributed by atoms with Crippen LogP contribution in [0.4, 0.5) is 0 Å². The lowest BCUT2D eigenvalue weighted by Crippen LogP contribution is -2.45. The Bertz CT molecular complexity index is 345. The minimum absolute atomic E-state index is 0.0692. The van der Waals surface area contributed by atoms with Crippen molar-refractivity contribution in [1.82, 2.24) is 15.5 Å². The summed E-state index contributed by atoms with van der Waals surface area (Å²) in [6, 6.07) is 0.285. The van der Waals surface area contributed by atoms with Crippen LogP contribution in [0.3, 0.4) is 0 Å². The lowest BCUT2D eigenvalue weighted by Gasteiger charge is -2.20. The van der Waals surface area contributed by atoms with E-state index in [4.69, 9.17) is 4.74 Å². The molecule has 1 saturated heterocycles. The Labute approximate surface area is 128 Å². The van der Waals surface area contributed by atoms with E-state index in [0.29, 0.717) is 0 Å². The molecule has 6 heteroatoms. The predicted octanol–water partition coefficient (Wildman–Crippen LogP) is 0.835. The number of likely N-dealkylation sites (tertiary alicyclic amines) is 1. The maximum Gasteiger partial charge on any atom is 0.225 e. The number of nitrogens with zero attached hydrogens (tertiary/aromatic N) is 2. The third kappa shape index (κ3) is 6.33. The lowest BCUT2D eigenvalue weighted by atomic mass is 10.2. The van der Waals surface area contributed by atoms with Gasteiger partial charge in [0.2, 0.25) is 5.91 Å². The van der Waals surface area contributed by atoms with Crippen LogP contribution in [0.5, 0.6) is 0 Å². The van der Waals surface area contributed by atoms with Crippen LogP contribution in [0.2, 0.25) is 0 Å². The van der Waals surface area contributed by atoms with Gasteiger partial charge in [0.1, 0.15) is 0 Å². The fraction of sp³-hybridized carbons (Fsp3) is 0.867. The second-order valence-corrected chi connectivity index (χ2v) is 5.68. The van der Waals surface area contributed by atoms with Crippen molar-refractivity contribution in [1.29, 1.82) is 0 Å².